The smallest absolute Gasteiger partial charge is 0.162 e. The zero-order chi connectivity index (χ0) is 21.8. The van der Waals surface area contributed by atoms with Crippen LogP contribution in [0.4, 0.5) is 17.3 Å². The van der Waals surface area contributed by atoms with Crippen LogP contribution in [0.25, 0.3) is 33.5 Å². The van der Waals surface area contributed by atoms with Crippen molar-refractivity contribution in [3.63, 3.8) is 0 Å². The molecule has 0 amide bonds. The van der Waals surface area contributed by atoms with Crippen molar-refractivity contribution in [2.75, 3.05) is 36.4 Å². The molecule has 0 spiro atoms. The van der Waals surface area contributed by atoms with E-state index in [1.54, 1.807) is 6.20 Å². The summed E-state index contributed by atoms with van der Waals surface area (Å²) in [4.78, 5) is 21.5. The first-order valence-electron chi connectivity index (χ1n) is 11.5. The molecule has 0 aromatic carbocycles. The number of aromatic nitrogens is 4. The van der Waals surface area contributed by atoms with Gasteiger partial charge in [-0.2, -0.15) is 0 Å². The minimum atomic E-state index is 0.579. The average molecular weight is 438 g/mol. The molecule has 6 heterocycles. The number of piperazine rings is 1. The molecule has 1 aliphatic carbocycles. The molecule has 5 aromatic rings. The molecule has 5 aromatic heterocycles. The van der Waals surface area contributed by atoms with Gasteiger partial charge in [-0.25, -0.2) is 15.0 Å². The van der Waals surface area contributed by atoms with E-state index in [1.165, 1.54) is 18.4 Å². The molecule has 8 heteroatoms. The third-order valence-electron chi connectivity index (χ3n) is 6.51. The van der Waals surface area contributed by atoms with Crippen molar-refractivity contribution in [3.05, 3.63) is 54.5 Å². The molecule has 1 saturated carbocycles. The Morgan fingerprint density at radius 1 is 1.03 bits per heavy atom. The predicted octanol–water partition coefficient (Wildman–Crippen LogP) is 4.30. The van der Waals surface area contributed by atoms with Gasteiger partial charge in [0.15, 0.2) is 11.4 Å². The highest BCUT2D eigenvalue weighted by atomic mass is 16.3. The summed E-state index contributed by atoms with van der Waals surface area (Å²) in [5, 5.41) is 7.97. The summed E-state index contributed by atoms with van der Waals surface area (Å²) >= 11 is 0. The summed E-state index contributed by atoms with van der Waals surface area (Å²) in [5.41, 5.74) is 5.69. The van der Waals surface area contributed by atoms with E-state index < -0.39 is 0 Å². The Hall–Kier alpha value is -3.78. The highest BCUT2D eigenvalue weighted by molar-refractivity contribution is 5.94. The number of fused-ring (bicyclic) bond motifs is 3. The molecule has 2 N–H and O–H groups in total. The van der Waals surface area contributed by atoms with Crippen molar-refractivity contribution in [1.29, 1.82) is 0 Å². The molecule has 7 rings (SSSR count). The first kappa shape index (κ1) is 18.8. The SMILES string of the molecule is c1cc(-c2nc(N3CCNCC3)c3c(C4CC4)cncc3n2)cc(Nc2cc3ccc2o3)n1. The number of furan rings is 2. The summed E-state index contributed by atoms with van der Waals surface area (Å²) in [6, 6.07) is 9.83. The first-order chi connectivity index (χ1) is 16.3. The fraction of sp³-hybridized carbons (Fsp3) is 0.280. The van der Waals surface area contributed by atoms with Crippen LogP contribution in [0.2, 0.25) is 0 Å². The molecular formula is C25H23N7O. The summed E-state index contributed by atoms with van der Waals surface area (Å²) in [5.74, 6) is 3.02. The number of rotatable bonds is 5. The zero-order valence-corrected chi connectivity index (χ0v) is 18.1. The van der Waals surface area contributed by atoms with E-state index in [2.05, 4.69) is 25.5 Å². The van der Waals surface area contributed by atoms with Gasteiger partial charge in [0, 0.05) is 55.6 Å². The third kappa shape index (κ3) is 3.34. The van der Waals surface area contributed by atoms with Crippen LogP contribution in [0.1, 0.15) is 24.3 Å². The first-order valence-corrected chi connectivity index (χ1v) is 11.5. The van der Waals surface area contributed by atoms with Crippen LogP contribution in [0, 0.1) is 0 Å². The summed E-state index contributed by atoms with van der Waals surface area (Å²) in [7, 11) is 0. The maximum Gasteiger partial charge on any atom is 0.162 e. The fourth-order valence-corrected chi connectivity index (χ4v) is 4.69. The molecule has 2 aliphatic rings. The maximum absolute atomic E-state index is 5.64. The Kier molecular flexibility index (Phi) is 4.20. The van der Waals surface area contributed by atoms with E-state index in [0.29, 0.717) is 11.7 Å². The van der Waals surface area contributed by atoms with E-state index in [9.17, 15) is 0 Å². The second-order valence-corrected chi connectivity index (χ2v) is 8.82. The fourth-order valence-electron chi connectivity index (χ4n) is 4.69. The van der Waals surface area contributed by atoms with Gasteiger partial charge in [0.1, 0.15) is 17.2 Å². The van der Waals surface area contributed by atoms with Gasteiger partial charge >= 0.3 is 0 Å². The topological polar surface area (TPSA) is 92.0 Å². The van der Waals surface area contributed by atoms with Crippen LogP contribution in [-0.4, -0.2) is 46.1 Å². The van der Waals surface area contributed by atoms with Crippen LogP contribution in [0.15, 0.2) is 53.3 Å². The normalized spacial score (nSPS) is 16.7. The van der Waals surface area contributed by atoms with Crippen LogP contribution >= 0.6 is 0 Å². The van der Waals surface area contributed by atoms with Crippen molar-refractivity contribution < 1.29 is 4.42 Å². The molecule has 164 valence electrons. The summed E-state index contributed by atoms with van der Waals surface area (Å²) in [6.07, 6.45) is 8.11. The number of benzene rings is 1. The minimum absolute atomic E-state index is 0.579. The Morgan fingerprint density at radius 3 is 2.73 bits per heavy atom. The Bertz CT molecular complexity index is 1450. The maximum atomic E-state index is 5.64. The number of anilines is 3. The molecule has 33 heavy (non-hydrogen) atoms. The largest absolute Gasteiger partial charge is 0.455 e. The summed E-state index contributed by atoms with van der Waals surface area (Å²) in [6.45, 7) is 3.77. The lowest BCUT2D eigenvalue weighted by Crippen LogP contribution is -2.44. The van der Waals surface area contributed by atoms with Gasteiger partial charge in [0.05, 0.1) is 17.4 Å². The van der Waals surface area contributed by atoms with Crippen LogP contribution in [0.3, 0.4) is 0 Å². The van der Waals surface area contributed by atoms with Gasteiger partial charge in [0.25, 0.3) is 0 Å². The monoisotopic (exact) mass is 437 g/mol. The van der Waals surface area contributed by atoms with Crippen LogP contribution < -0.4 is 15.5 Å². The highest BCUT2D eigenvalue weighted by Crippen LogP contribution is 2.44. The standard InChI is InChI=1S/C25H23N7O/c1-2-15(1)18-13-27-14-20-23(18)25(32-9-7-26-8-10-32)31-24(30-20)16-5-6-28-22(11-16)29-19-12-17-3-4-21(19)33-17/h3-6,11-15,26H,1-2,7-10H2,(H,28,29). The van der Waals surface area contributed by atoms with Crippen LogP contribution in [-0.2, 0) is 0 Å². The van der Waals surface area contributed by atoms with Crippen molar-refractivity contribution in [2.45, 2.75) is 18.8 Å². The van der Waals surface area contributed by atoms with Gasteiger partial charge in [0.2, 0.25) is 0 Å². The minimum Gasteiger partial charge on any atom is -0.455 e. The summed E-state index contributed by atoms with van der Waals surface area (Å²) < 4.78 is 5.64. The lowest BCUT2D eigenvalue weighted by Gasteiger charge is -2.30. The molecule has 0 unspecified atom stereocenters. The van der Waals surface area contributed by atoms with Crippen molar-refractivity contribution in [3.8, 4) is 11.4 Å². The lowest BCUT2D eigenvalue weighted by molar-refractivity contribution is 0.586. The molecule has 0 radical (unpaired) electrons. The van der Waals surface area contributed by atoms with Gasteiger partial charge < -0.3 is 20.0 Å². The van der Waals surface area contributed by atoms with E-state index in [-0.39, 0.29) is 0 Å². The molecule has 8 nitrogen and oxygen atoms in total. The number of hydrogen-bond acceptors (Lipinski definition) is 8. The molecule has 2 bridgehead atoms. The number of nitrogens with one attached hydrogen (secondary N) is 2. The number of hydrogen-bond donors (Lipinski definition) is 2. The van der Waals surface area contributed by atoms with Crippen molar-refractivity contribution in [2.24, 2.45) is 0 Å². The highest BCUT2D eigenvalue weighted by Gasteiger charge is 2.29. The quantitative estimate of drug-likeness (QED) is 0.420. The van der Waals surface area contributed by atoms with E-state index >= 15 is 0 Å². The second kappa shape index (κ2) is 7.38. The van der Waals surface area contributed by atoms with E-state index in [1.807, 2.05) is 42.7 Å². The van der Waals surface area contributed by atoms with Crippen molar-refractivity contribution in [1.82, 2.24) is 25.3 Å². The van der Waals surface area contributed by atoms with E-state index in [0.717, 1.165) is 71.1 Å². The molecular weight excluding hydrogens is 414 g/mol. The number of pyridine rings is 2. The molecule has 0 atom stereocenters. The predicted molar refractivity (Wildman–Crippen MR) is 128 cm³/mol. The molecule has 1 aliphatic heterocycles. The molecule has 2 fully saturated rings. The van der Waals surface area contributed by atoms with E-state index in [4.69, 9.17) is 14.4 Å². The second-order valence-electron chi connectivity index (χ2n) is 8.82. The van der Waals surface area contributed by atoms with Gasteiger partial charge in [-0.15, -0.1) is 0 Å². The van der Waals surface area contributed by atoms with Gasteiger partial charge in [-0.05, 0) is 48.6 Å². The molecule has 1 saturated heterocycles. The Morgan fingerprint density at radius 2 is 1.94 bits per heavy atom. The Balaban J connectivity index is 1.33. The zero-order valence-electron chi connectivity index (χ0n) is 18.1. The number of nitrogens with zero attached hydrogens (tertiary/aromatic N) is 5. The third-order valence-corrected chi connectivity index (χ3v) is 6.51. The Labute approximate surface area is 190 Å². The van der Waals surface area contributed by atoms with Gasteiger partial charge in [-0.3, -0.25) is 4.98 Å². The van der Waals surface area contributed by atoms with Crippen molar-refractivity contribution >= 4 is 39.4 Å². The van der Waals surface area contributed by atoms with Gasteiger partial charge in [-0.1, -0.05) is 0 Å². The average Bonchev–Trinajstić information content (AvgIpc) is 3.51. The van der Waals surface area contributed by atoms with Crippen LogP contribution in [0.5, 0.6) is 0 Å². The lowest BCUT2D eigenvalue weighted by atomic mass is 10.1.